The normalized spacial score (nSPS) is 15.3. The van der Waals surface area contributed by atoms with Crippen LogP contribution < -0.4 is 11.1 Å². The minimum Gasteiger partial charge on any atom is -0.326 e. The third kappa shape index (κ3) is 2.09. The maximum atomic E-state index is 11.3. The Morgan fingerprint density at radius 3 is 2.89 bits per heavy atom. The number of fused-ring (bicyclic) bond motifs is 1. The van der Waals surface area contributed by atoms with Crippen molar-refractivity contribution in [3.63, 3.8) is 0 Å². The zero-order chi connectivity index (χ0) is 12.7. The lowest BCUT2D eigenvalue weighted by molar-refractivity contribution is -0.115. The summed E-state index contributed by atoms with van der Waals surface area (Å²) in [5.74, 6) is 0.0505. The van der Waals surface area contributed by atoms with Gasteiger partial charge in [-0.15, -0.1) is 11.3 Å². The van der Waals surface area contributed by atoms with Gasteiger partial charge in [-0.25, -0.2) is 0 Å². The fourth-order valence-corrected chi connectivity index (χ4v) is 3.56. The molecule has 1 amide bonds. The largest absolute Gasteiger partial charge is 0.326 e. The molecule has 0 spiro atoms. The van der Waals surface area contributed by atoms with Gasteiger partial charge in [-0.05, 0) is 45.3 Å². The molecule has 0 aliphatic carbocycles. The Hall–Kier alpha value is -1.17. The van der Waals surface area contributed by atoms with Crippen LogP contribution in [0.5, 0.6) is 0 Å². The maximum Gasteiger partial charge on any atom is 0.228 e. The average molecular weight is 323 g/mol. The first-order chi connectivity index (χ1) is 8.63. The smallest absolute Gasteiger partial charge is 0.228 e. The number of nitrogens with one attached hydrogen (secondary N) is 1. The van der Waals surface area contributed by atoms with Gasteiger partial charge in [0.05, 0.1) is 16.2 Å². The van der Waals surface area contributed by atoms with Crippen molar-refractivity contribution in [1.82, 2.24) is 0 Å². The van der Waals surface area contributed by atoms with Gasteiger partial charge in [-0.1, -0.05) is 12.1 Å². The SMILES string of the molecule is NC(c1ccc2c(c1)CC(=O)N2)c1ccc(Br)s1. The van der Waals surface area contributed by atoms with Crippen molar-refractivity contribution in [2.75, 3.05) is 5.32 Å². The van der Waals surface area contributed by atoms with Gasteiger partial charge in [-0.2, -0.15) is 0 Å². The molecule has 3 N–H and O–H groups in total. The second-order valence-corrected chi connectivity index (χ2v) is 6.76. The van der Waals surface area contributed by atoms with Crippen LogP contribution in [0.15, 0.2) is 34.1 Å². The highest BCUT2D eigenvalue weighted by Gasteiger charge is 2.19. The van der Waals surface area contributed by atoms with Gasteiger partial charge >= 0.3 is 0 Å². The molecule has 2 aromatic rings. The average Bonchev–Trinajstić information content (AvgIpc) is 2.92. The molecule has 1 aromatic carbocycles. The third-order valence-corrected chi connectivity index (χ3v) is 4.72. The van der Waals surface area contributed by atoms with Gasteiger partial charge in [0.25, 0.3) is 0 Å². The first-order valence-corrected chi connectivity index (χ1v) is 7.18. The van der Waals surface area contributed by atoms with Gasteiger partial charge < -0.3 is 11.1 Å². The lowest BCUT2D eigenvalue weighted by Crippen LogP contribution is -2.10. The Kier molecular flexibility index (Phi) is 2.97. The fraction of sp³-hybridized carbons (Fsp3) is 0.154. The van der Waals surface area contributed by atoms with E-state index in [9.17, 15) is 4.79 Å². The molecule has 0 fully saturated rings. The van der Waals surface area contributed by atoms with Crippen LogP contribution in [-0.2, 0) is 11.2 Å². The van der Waals surface area contributed by atoms with Crippen molar-refractivity contribution >= 4 is 38.9 Å². The number of anilines is 1. The van der Waals surface area contributed by atoms with Crippen LogP contribution in [0.2, 0.25) is 0 Å². The van der Waals surface area contributed by atoms with Gasteiger partial charge in [0, 0.05) is 10.6 Å². The van der Waals surface area contributed by atoms with Crippen molar-refractivity contribution < 1.29 is 4.79 Å². The van der Waals surface area contributed by atoms with Crippen molar-refractivity contribution in [2.24, 2.45) is 5.73 Å². The number of carbonyl (C=O) groups is 1. The molecule has 3 rings (SSSR count). The Labute approximate surface area is 117 Å². The summed E-state index contributed by atoms with van der Waals surface area (Å²) in [6, 6.07) is 9.81. The zero-order valence-corrected chi connectivity index (χ0v) is 11.8. The van der Waals surface area contributed by atoms with Gasteiger partial charge in [0.1, 0.15) is 0 Å². The van der Waals surface area contributed by atoms with E-state index < -0.39 is 0 Å². The number of amides is 1. The molecule has 1 aliphatic heterocycles. The van der Waals surface area contributed by atoms with E-state index in [1.54, 1.807) is 11.3 Å². The number of thiophene rings is 1. The first-order valence-electron chi connectivity index (χ1n) is 5.57. The van der Waals surface area contributed by atoms with E-state index in [-0.39, 0.29) is 11.9 Å². The van der Waals surface area contributed by atoms with Gasteiger partial charge in [0.2, 0.25) is 5.91 Å². The third-order valence-electron chi connectivity index (χ3n) is 3.01. The highest BCUT2D eigenvalue weighted by Crippen LogP contribution is 2.32. The Bertz CT molecular complexity index is 623. The standard InChI is InChI=1S/C13H11BrN2OS/c14-11-4-3-10(18-11)13(15)7-1-2-9-8(5-7)6-12(17)16-9/h1-5,13H,6,15H2,(H,16,17). The Balaban J connectivity index is 1.94. The molecular formula is C13H11BrN2OS. The highest BCUT2D eigenvalue weighted by molar-refractivity contribution is 9.11. The minimum atomic E-state index is -0.137. The summed E-state index contributed by atoms with van der Waals surface area (Å²) >= 11 is 5.07. The molecule has 92 valence electrons. The van der Waals surface area contributed by atoms with E-state index in [2.05, 4.69) is 21.2 Å². The summed E-state index contributed by atoms with van der Waals surface area (Å²) < 4.78 is 1.07. The lowest BCUT2D eigenvalue weighted by atomic mass is 10.0. The topological polar surface area (TPSA) is 55.1 Å². The van der Waals surface area contributed by atoms with Crippen LogP contribution in [0.1, 0.15) is 22.0 Å². The molecular weight excluding hydrogens is 312 g/mol. The molecule has 0 bridgehead atoms. The van der Waals surface area contributed by atoms with Crippen LogP contribution in [-0.4, -0.2) is 5.91 Å². The van der Waals surface area contributed by atoms with Gasteiger partial charge in [0.15, 0.2) is 0 Å². The van der Waals surface area contributed by atoms with E-state index in [0.717, 1.165) is 25.5 Å². The molecule has 0 saturated carbocycles. The van der Waals surface area contributed by atoms with Crippen molar-refractivity contribution in [3.8, 4) is 0 Å². The van der Waals surface area contributed by atoms with E-state index >= 15 is 0 Å². The van der Waals surface area contributed by atoms with Crippen molar-refractivity contribution in [2.45, 2.75) is 12.5 Å². The van der Waals surface area contributed by atoms with Crippen molar-refractivity contribution in [3.05, 3.63) is 50.1 Å². The fourth-order valence-electron chi connectivity index (χ4n) is 2.10. The summed E-state index contributed by atoms with van der Waals surface area (Å²) in [6.45, 7) is 0. The number of benzene rings is 1. The van der Waals surface area contributed by atoms with Crippen LogP contribution in [0.25, 0.3) is 0 Å². The number of rotatable bonds is 2. The predicted octanol–water partition coefficient (Wildman–Crippen LogP) is 3.05. The number of halogens is 1. The molecule has 0 radical (unpaired) electrons. The molecule has 0 saturated heterocycles. The summed E-state index contributed by atoms with van der Waals surface area (Å²) in [7, 11) is 0. The second-order valence-electron chi connectivity index (χ2n) is 4.26. The quantitative estimate of drug-likeness (QED) is 0.892. The number of carbonyl (C=O) groups excluding carboxylic acids is 1. The van der Waals surface area contributed by atoms with Crippen LogP contribution in [0, 0.1) is 0 Å². The minimum absolute atomic E-state index is 0.0505. The summed E-state index contributed by atoms with van der Waals surface area (Å²) in [6.07, 6.45) is 0.448. The Morgan fingerprint density at radius 2 is 2.17 bits per heavy atom. The molecule has 2 heterocycles. The zero-order valence-electron chi connectivity index (χ0n) is 9.44. The summed E-state index contributed by atoms with van der Waals surface area (Å²) in [5, 5.41) is 2.82. The molecule has 1 unspecified atom stereocenters. The molecule has 1 aromatic heterocycles. The van der Waals surface area contributed by atoms with E-state index in [1.807, 2.05) is 30.3 Å². The molecule has 18 heavy (non-hydrogen) atoms. The monoisotopic (exact) mass is 322 g/mol. The molecule has 3 nitrogen and oxygen atoms in total. The highest BCUT2D eigenvalue weighted by atomic mass is 79.9. The second kappa shape index (κ2) is 4.50. The number of nitrogens with two attached hydrogens (primary N) is 1. The summed E-state index contributed by atoms with van der Waals surface area (Å²) in [4.78, 5) is 12.4. The van der Waals surface area contributed by atoms with E-state index in [4.69, 9.17) is 5.73 Å². The molecule has 5 heteroatoms. The first kappa shape index (κ1) is 11.9. The Morgan fingerprint density at radius 1 is 1.33 bits per heavy atom. The van der Waals surface area contributed by atoms with Crippen LogP contribution in [0.4, 0.5) is 5.69 Å². The maximum absolute atomic E-state index is 11.3. The predicted molar refractivity (Wildman–Crippen MR) is 76.8 cm³/mol. The van der Waals surface area contributed by atoms with E-state index in [0.29, 0.717) is 6.42 Å². The number of hydrogen-bond acceptors (Lipinski definition) is 3. The lowest BCUT2D eigenvalue weighted by Gasteiger charge is -2.11. The molecule has 1 aliphatic rings. The van der Waals surface area contributed by atoms with Crippen LogP contribution in [0.3, 0.4) is 0 Å². The number of hydrogen-bond donors (Lipinski definition) is 2. The summed E-state index contributed by atoms with van der Waals surface area (Å²) in [5.41, 5.74) is 9.22. The van der Waals surface area contributed by atoms with Gasteiger partial charge in [-0.3, -0.25) is 4.79 Å². The van der Waals surface area contributed by atoms with Crippen molar-refractivity contribution in [1.29, 1.82) is 0 Å². The van der Waals surface area contributed by atoms with E-state index in [1.165, 1.54) is 0 Å². The molecule has 1 atom stereocenters. The van der Waals surface area contributed by atoms with Crippen LogP contribution >= 0.6 is 27.3 Å².